The molecule has 13 heteroatoms. The van der Waals surface area contributed by atoms with Gasteiger partial charge >= 0.3 is 12.1 Å². The van der Waals surface area contributed by atoms with Crippen LogP contribution in [-0.4, -0.2) is 57.6 Å². The molecule has 0 saturated heterocycles. The molecule has 3 aromatic rings. The molecule has 42 heavy (non-hydrogen) atoms. The van der Waals surface area contributed by atoms with Crippen molar-refractivity contribution in [1.82, 2.24) is 25.9 Å². The van der Waals surface area contributed by atoms with E-state index in [0.29, 0.717) is 50.9 Å². The number of nitrogens with zero attached hydrogens (tertiary/aromatic N) is 3. The van der Waals surface area contributed by atoms with Gasteiger partial charge in [-0.1, -0.05) is 19.9 Å². The fourth-order valence-corrected chi connectivity index (χ4v) is 6.46. The molecule has 1 aliphatic heterocycles. The fraction of sp³-hybridized carbons (Fsp3) is 0.379. The van der Waals surface area contributed by atoms with Crippen LogP contribution in [0.3, 0.4) is 0 Å². The maximum atomic E-state index is 13.5. The van der Waals surface area contributed by atoms with Gasteiger partial charge in [-0.05, 0) is 56.2 Å². The number of carbonyl (C=O) groups excluding carboxylic acids is 3. The summed E-state index contributed by atoms with van der Waals surface area (Å²) in [5.41, 5.74) is 3.59. The van der Waals surface area contributed by atoms with Gasteiger partial charge in [0.2, 0.25) is 5.91 Å². The number of anilines is 3. The number of carbonyl (C=O) groups is 4. The van der Waals surface area contributed by atoms with Crippen LogP contribution in [0.5, 0.6) is 0 Å². The lowest BCUT2D eigenvalue weighted by Crippen LogP contribution is -2.48. The van der Waals surface area contributed by atoms with Gasteiger partial charge in [-0.3, -0.25) is 19.5 Å². The third-order valence-electron chi connectivity index (χ3n) is 7.25. The van der Waals surface area contributed by atoms with E-state index in [0.717, 1.165) is 24.1 Å². The zero-order chi connectivity index (χ0) is 30.0. The van der Waals surface area contributed by atoms with Crippen molar-refractivity contribution in [2.45, 2.75) is 58.5 Å². The molecule has 1 saturated carbocycles. The number of rotatable bonds is 9. The van der Waals surface area contributed by atoms with Gasteiger partial charge in [0.1, 0.15) is 9.71 Å². The first kappa shape index (κ1) is 29.0. The smallest absolute Gasteiger partial charge is 0.404 e. The van der Waals surface area contributed by atoms with E-state index in [-0.39, 0.29) is 36.5 Å². The Bertz CT molecular complexity index is 1580. The highest BCUT2D eigenvalue weighted by Gasteiger charge is 2.35. The van der Waals surface area contributed by atoms with Crippen LogP contribution in [0, 0.1) is 12.8 Å². The lowest BCUT2D eigenvalue weighted by atomic mass is 10.0. The van der Waals surface area contributed by atoms with E-state index in [1.807, 2.05) is 13.0 Å². The number of pyridine rings is 2. The lowest BCUT2D eigenvalue weighted by Gasteiger charge is -2.29. The average molecular weight is 592 g/mol. The monoisotopic (exact) mass is 591 g/mol. The van der Waals surface area contributed by atoms with Crippen LogP contribution < -0.4 is 26.2 Å². The van der Waals surface area contributed by atoms with Crippen LogP contribution in [0.2, 0.25) is 0 Å². The van der Waals surface area contributed by atoms with Crippen LogP contribution >= 0.6 is 11.3 Å². The SMILES string of the molecule is Cc1cc(CC(C)C)ncc1N1C(=O)Nc2c(C(=O)N[C@@H]3CCC[C@@H]3NC(=O)/C=C/CNC(=O)O)sc3nccc1c23. The van der Waals surface area contributed by atoms with E-state index in [1.54, 1.807) is 23.4 Å². The topological polar surface area (TPSA) is 166 Å². The first-order chi connectivity index (χ1) is 20.1. The first-order valence-corrected chi connectivity index (χ1v) is 14.7. The molecule has 5 N–H and O–H groups in total. The van der Waals surface area contributed by atoms with E-state index in [2.05, 4.69) is 45.1 Å². The van der Waals surface area contributed by atoms with Crippen LogP contribution in [-0.2, 0) is 11.2 Å². The van der Waals surface area contributed by atoms with Gasteiger partial charge in [-0.2, -0.15) is 0 Å². The summed E-state index contributed by atoms with van der Waals surface area (Å²) in [6.07, 6.45) is 7.90. The minimum atomic E-state index is -1.17. The highest BCUT2D eigenvalue weighted by molar-refractivity contribution is 7.21. The summed E-state index contributed by atoms with van der Waals surface area (Å²) < 4.78 is 0. The van der Waals surface area contributed by atoms with Crippen molar-refractivity contribution in [3.8, 4) is 0 Å². The number of hydrogen-bond donors (Lipinski definition) is 5. The normalized spacial score (nSPS) is 18.0. The lowest BCUT2D eigenvalue weighted by molar-refractivity contribution is -0.117. The van der Waals surface area contributed by atoms with Gasteiger partial charge in [-0.15, -0.1) is 11.3 Å². The van der Waals surface area contributed by atoms with E-state index in [1.165, 1.54) is 23.5 Å². The van der Waals surface area contributed by atoms with Crippen LogP contribution in [0.4, 0.5) is 26.7 Å². The molecule has 2 atom stereocenters. The number of thiophene rings is 1. The summed E-state index contributed by atoms with van der Waals surface area (Å²) >= 11 is 1.20. The molecular weight excluding hydrogens is 558 g/mol. The number of carboxylic acid groups (broad SMARTS) is 1. The molecule has 4 heterocycles. The van der Waals surface area contributed by atoms with E-state index in [9.17, 15) is 19.2 Å². The standard InChI is InChI=1S/C29H33N7O5S/c1-15(2)12-17-13-16(3)21(14-32-17)36-20-9-11-30-27-23(20)24(35-28(36)39)25(42-27)26(38)34-19-7-4-6-18(19)33-22(37)8-5-10-31-29(40)41/h5,8-9,11,13-15,18-19,31H,4,6-7,10,12H2,1-3H3,(H,33,37)(H,34,38)(H,35,39)(H,40,41)/b8-5+/t18-,19+/m0/s1. The van der Waals surface area contributed by atoms with Crippen molar-refractivity contribution in [3.63, 3.8) is 0 Å². The third kappa shape index (κ3) is 6.05. The zero-order valence-corrected chi connectivity index (χ0v) is 24.4. The van der Waals surface area contributed by atoms with Gasteiger partial charge in [-0.25, -0.2) is 14.6 Å². The number of hydrogen-bond acceptors (Lipinski definition) is 7. The van der Waals surface area contributed by atoms with Crippen LogP contribution in [0.15, 0.2) is 36.7 Å². The molecule has 0 spiro atoms. The Balaban J connectivity index is 1.36. The first-order valence-electron chi connectivity index (χ1n) is 13.8. The second-order valence-electron chi connectivity index (χ2n) is 10.9. The van der Waals surface area contributed by atoms with E-state index in [4.69, 9.17) is 5.11 Å². The molecule has 220 valence electrons. The Kier molecular flexibility index (Phi) is 8.39. The predicted molar refractivity (Wildman–Crippen MR) is 160 cm³/mol. The molecular formula is C29H33N7O5S. The summed E-state index contributed by atoms with van der Waals surface area (Å²) in [4.78, 5) is 61.5. The zero-order valence-electron chi connectivity index (χ0n) is 23.6. The van der Waals surface area contributed by atoms with Crippen molar-refractivity contribution in [3.05, 3.63) is 52.8 Å². The molecule has 3 aromatic heterocycles. The highest BCUT2D eigenvalue weighted by Crippen LogP contribution is 2.46. The number of aryl methyl sites for hydroxylation is 1. The third-order valence-corrected chi connectivity index (χ3v) is 8.35. The Morgan fingerprint density at radius 3 is 2.67 bits per heavy atom. The Morgan fingerprint density at radius 2 is 1.95 bits per heavy atom. The minimum Gasteiger partial charge on any atom is -0.465 e. The fourth-order valence-electron chi connectivity index (χ4n) is 5.44. The maximum Gasteiger partial charge on any atom is 0.404 e. The Hall–Kier alpha value is -4.52. The summed E-state index contributed by atoms with van der Waals surface area (Å²) in [7, 11) is 0. The predicted octanol–water partition coefficient (Wildman–Crippen LogP) is 4.47. The van der Waals surface area contributed by atoms with Gasteiger partial charge in [0.15, 0.2) is 0 Å². The Labute approximate surface area is 246 Å². The molecule has 5 rings (SSSR count). The van der Waals surface area contributed by atoms with Gasteiger partial charge < -0.3 is 26.4 Å². The number of urea groups is 1. The molecule has 0 radical (unpaired) electrons. The second kappa shape index (κ2) is 12.1. The number of amides is 5. The van der Waals surface area contributed by atoms with Gasteiger partial charge in [0, 0.05) is 36.6 Å². The molecule has 0 bridgehead atoms. The molecule has 12 nitrogen and oxygen atoms in total. The quantitative estimate of drug-likeness (QED) is 0.229. The second-order valence-corrected chi connectivity index (χ2v) is 11.9. The molecule has 1 aliphatic carbocycles. The molecule has 1 fully saturated rings. The van der Waals surface area contributed by atoms with Gasteiger partial charge in [0.05, 0.1) is 28.6 Å². The highest BCUT2D eigenvalue weighted by atomic mass is 32.1. The maximum absolute atomic E-state index is 13.5. The van der Waals surface area contributed by atoms with E-state index < -0.39 is 6.09 Å². The van der Waals surface area contributed by atoms with Crippen molar-refractivity contribution < 1.29 is 24.3 Å². The van der Waals surface area contributed by atoms with Gasteiger partial charge in [0.25, 0.3) is 5.91 Å². The minimum absolute atomic E-state index is 0.0149. The van der Waals surface area contributed by atoms with Crippen molar-refractivity contribution in [1.29, 1.82) is 0 Å². The van der Waals surface area contributed by atoms with Crippen LogP contribution in [0.1, 0.15) is 54.0 Å². The van der Waals surface area contributed by atoms with E-state index >= 15 is 0 Å². The summed E-state index contributed by atoms with van der Waals surface area (Å²) in [5.74, 6) is -0.260. The molecule has 0 aromatic carbocycles. The van der Waals surface area contributed by atoms with Crippen LogP contribution in [0.25, 0.3) is 10.2 Å². The summed E-state index contributed by atoms with van der Waals surface area (Å²) in [6, 6.07) is 2.80. The number of nitrogens with one attached hydrogen (secondary N) is 4. The largest absolute Gasteiger partial charge is 0.465 e. The van der Waals surface area contributed by atoms with Crippen molar-refractivity contribution in [2.24, 2.45) is 5.92 Å². The van der Waals surface area contributed by atoms with Crippen molar-refractivity contribution >= 4 is 62.6 Å². The molecule has 5 amide bonds. The molecule has 2 aliphatic rings. The average Bonchev–Trinajstić information content (AvgIpc) is 3.52. The number of aromatic nitrogens is 2. The Morgan fingerprint density at radius 1 is 1.19 bits per heavy atom. The van der Waals surface area contributed by atoms with Crippen molar-refractivity contribution in [2.75, 3.05) is 16.8 Å². The summed E-state index contributed by atoms with van der Waals surface area (Å²) in [5, 5.41) is 20.3. The molecule has 0 unspecified atom stereocenters. The summed E-state index contributed by atoms with van der Waals surface area (Å²) in [6.45, 7) is 6.23.